The topological polar surface area (TPSA) is 458 Å². The van der Waals surface area contributed by atoms with E-state index in [0.29, 0.717) is 34.8 Å². The van der Waals surface area contributed by atoms with Gasteiger partial charge in [-0.15, -0.1) is 0 Å². The van der Waals surface area contributed by atoms with Crippen LogP contribution in [0.3, 0.4) is 0 Å². The number of ether oxygens (including phenoxy) is 9. The van der Waals surface area contributed by atoms with Gasteiger partial charge in [0.2, 0.25) is 0 Å². The van der Waals surface area contributed by atoms with Crippen LogP contribution in [-0.4, -0.2) is 152 Å². The zero-order valence-electron chi connectivity index (χ0n) is 62.4. The number of benzene rings is 4. The number of aromatic nitrogens is 12. The number of carbonyl (C=O) groups excluding carboxylic acids is 3. The van der Waals surface area contributed by atoms with Gasteiger partial charge >= 0.3 is 40.5 Å². The van der Waals surface area contributed by atoms with Crippen LogP contribution in [0, 0.1) is 11.8 Å². The molecule has 4 aromatic carbocycles. The zero-order chi connectivity index (χ0) is 81.4. The molecule has 4 aliphatic rings. The predicted molar refractivity (Wildman–Crippen MR) is 409 cm³/mol. The van der Waals surface area contributed by atoms with E-state index in [9.17, 15) is 36.9 Å². The molecule has 0 amide bonds. The molecule has 608 valence electrons. The third-order valence-electron chi connectivity index (χ3n) is 16.9. The number of nitrogens with zero attached hydrogens (tertiary/aromatic N) is 12. The molecule has 10 aromatic rings. The highest BCUT2D eigenvalue weighted by Crippen LogP contribution is 2.49. The van der Waals surface area contributed by atoms with Gasteiger partial charge in [-0.3, -0.25) is 41.8 Å². The van der Waals surface area contributed by atoms with Gasteiger partial charge in [0.15, 0.2) is 108 Å². The maximum atomic E-state index is 15.1. The molecule has 1 saturated carbocycles. The highest BCUT2D eigenvalue weighted by Gasteiger charge is 2.41. The van der Waals surface area contributed by atoms with Gasteiger partial charge in [-0.05, 0) is 93.8 Å². The Bertz CT molecular complexity index is 5260. The Morgan fingerprint density at radius 2 is 0.826 bits per heavy atom. The number of fused-ring (bicyclic) bond motifs is 3. The van der Waals surface area contributed by atoms with Gasteiger partial charge in [-0.25, -0.2) is 73.3 Å². The number of halogens is 3. The summed E-state index contributed by atoms with van der Waals surface area (Å²) >= 11 is 0. The third kappa shape index (κ3) is 22.1. The van der Waals surface area contributed by atoms with Crippen LogP contribution in [0.1, 0.15) is 71.7 Å². The number of anilines is 3. The molecule has 12 atom stereocenters. The Labute approximate surface area is 655 Å². The fraction of sp³-hybridized carbons (Fsp3) is 0.342. The van der Waals surface area contributed by atoms with Crippen molar-refractivity contribution < 1.29 is 97.5 Å². The minimum atomic E-state index is -3.99. The average molecular weight is 1650 g/mol. The van der Waals surface area contributed by atoms with Gasteiger partial charge in [-0.1, -0.05) is 98.8 Å². The summed E-state index contributed by atoms with van der Waals surface area (Å²) in [7, 11) is -11.7. The molecule has 115 heavy (non-hydrogen) atoms. The van der Waals surface area contributed by atoms with Crippen molar-refractivity contribution in [1.29, 1.82) is 0 Å². The van der Waals surface area contributed by atoms with E-state index in [0.717, 1.165) is 36.6 Å². The second-order valence-electron chi connectivity index (χ2n) is 26.5. The Morgan fingerprint density at radius 3 is 1.17 bits per heavy atom. The average Bonchev–Trinajstić information content (AvgIpc) is 1.66. The molecular weight excluding hydrogens is 1570 g/mol. The molecule has 6 aromatic heterocycles. The third-order valence-corrected chi connectivity index (χ3v) is 22.2. The van der Waals surface area contributed by atoms with Gasteiger partial charge in [0.25, 0.3) is 0 Å². The van der Waals surface area contributed by atoms with Crippen LogP contribution in [0.5, 0.6) is 17.2 Å². The number of nitrogens with one attached hydrogen (secondary N) is 3. The lowest BCUT2D eigenvalue weighted by Crippen LogP contribution is -2.40. The van der Waals surface area contributed by atoms with Crippen molar-refractivity contribution in [3.63, 3.8) is 0 Å². The van der Waals surface area contributed by atoms with E-state index in [2.05, 4.69) is 60.1 Å². The first-order valence-electron chi connectivity index (χ1n) is 35.9. The van der Waals surface area contributed by atoms with Gasteiger partial charge < -0.3 is 73.4 Å². The summed E-state index contributed by atoms with van der Waals surface area (Å²) in [5.41, 5.74) is 20.0. The van der Waals surface area contributed by atoms with Gasteiger partial charge in [0.05, 0.1) is 38.8 Å². The Morgan fingerprint density at radius 1 is 0.478 bits per heavy atom. The van der Waals surface area contributed by atoms with E-state index in [1.807, 2.05) is 44.2 Å². The van der Waals surface area contributed by atoms with Crippen LogP contribution in [0.2, 0.25) is 0 Å². The molecular formula is C73H82F3N18O18P3. The SMILES string of the molecule is CC(C)COC(=O)[C@H](Cc1ccccc1)NP(=O)(CO[C@@H]1C=C(F)[C@H](n2cnc3c(N)ncnc32)O1)Oc1ccccc1.CCOC(=O)[C@H](C)NP(=O)(CO[C@@H]1C=C(F)[C@H](n2cnc3c(N)ncnc32)O1)Oc1ccccc1.C[C@H](NP(=O)(CO[C@@H]1C=C(F)[C@H](n2cnc3c(N)ncnc32)O1)Oc1ccccc1)C(=O)OCC1CC1. The van der Waals surface area contributed by atoms with E-state index in [4.69, 9.17) is 73.4 Å². The van der Waals surface area contributed by atoms with Crippen molar-refractivity contribution in [2.45, 2.75) is 110 Å². The normalized spacial score (nSPS) is 20.2. The Balaban J connectivity index is 0.000000160. The smallest absolute Gasteiger partial charge is 0.342 e. The van der Waals surface area contributed by atoms with Crippen LogP contribution in [0.15, 0.2) is 195 Å². The van der Waals surface area contributed by atoms with Crippen molar-refractivity contribution in [2.24, 2.45) is 11.8 Å². The molecule has 0 radical (unpaired) electrons. The summed E-state index contributed by atoms with van der Waals surface area (Å²) in [5, 5.41) is 8.23. The molecule has 1 fully saturated rings. The standard InChI is InChI=1S/C29H32FN6O6P.C23H26FN6O6P.C21H24FN6O6P/c1-19(2)15-39-29(37)23(13-20-9-5-3-6-10-20)35-43(38,42-21-11-7-4-8-12-21)18-40-24-14-22(30)28(41-24)36-17-34-25-26(31)32-16-33-27(25)36;1-14(23(31)33-10-15-7-8-15)29-37(32,36-16-5-3-2-4-6-16)13-34-18-9-17(24)22(35-18)30-12-28-19-20(25)26-11-27-21(19)30;1-3-31-21(29)13(2)27-35(30,34-14-7-5-4-6-8-14)12-32-16-9-15(22)20(33-16)28-11-26-17-18(23)24-10-25-19(17)28/h3-12,14,16-17,19,23-24,28H,13,15,18H2,1-2H3,(H,35,38)(H2,31,32,33);2-6,9,11-12,14-15,18,22H,7-8,10,13H2,1H3,(H,29,32)(H2,25,26,27);4-11,13,16,20H,3,12H2,1-2H3,(H,27,30)(H2,23,24,25)/t23-,24-,28+,43?;14-,18-,22+,37?;13-,16-,20+,35?/m000/s1. The summed E-state index contributed by atoms with van der Waals surface area (Å²) in [6.45, 7) is 9.17. The van der Waals surface area contributed by atoms with Crippen LogP contribution < -0.4 is 46.0 Å². The first kappa shape index (κ1) is 83.5. The fourth-order valence-electron chi connectivity index (χ4n) is 11.2. The number of hydrogen-bond acceptors (Lipinski definition) is 30. The van der Waals surface area contributed by atoms with E-state index in [1.165, 1.54) is 65.5 Å². The lowest BCUT2D eigenvalue weighted by molar-refractivity contribution is -0.147. The highest BCUT2D eigenvalue weighted by molar-refractivity contribution is 7.57. The number of rotatable bonds is 34. The molecule has 9 heterocycles. The number of nitrogen functional groups attached to an aromatic ring is 3. The van der Waals surface area contributed by atoms with Crippen molar-refractivity contribution in [3.05, 3.63) is 201 Å². The first-order valence-corrected chi connectivity index (χ1v) is 41.3. The second kappa shape index (κ2) is 38.0. The zero-order valence-corrected chi connectivity index (χ0v) is 65.1. The maximum Gasteiger partial charge on any atom is 0.342 e. The molecule has 36 nitrogen and oxygen atoms in total. The number of hydrogen-bond donors (Lipinski definition) is 6. The second-order valence-corrected chi connectivity index (χ2v) is 32.7. The maximum absolute atomic E-state index is 15.1. The van der Waals surface area contributed by atoms with E-state index in [1.54, 1.807) is 97.9 Å². The number of esters is 3. The van der Waals surface area contributed by atoms with Crippen molar-refractivity contribution in [3.8, 4) is 17.2 Å². The summed E-state index contributed by atoms with van der Waals surface area (Å²) < 4.78 is 157. The molecule has 1 aliphatic carbocycles. The van der Waals surface area contributed by atoms with Crippen LogP contribution in [0.4, 0.5) is 30.6 Å². The summed E-state index contributed by atoms with van der Waals surface area (Å²) in [4.78, 5) is 73.9. The van der Waals surface area contributed by atoms with E-state index < -0.39 is 133 Å². The number of imidazole rings is 3. The molecule has 9 N–H and O–H groups in total. The molecule has 3 aliphatic heterocycles. The van der Waals surface area contributed by atoms with Crippen LogP contribution >= 0.6 is 22.6 Å². The molecule has 42 heteroatoms. The number of nitrogens with two attached hydrogens (primary N) is 3. The van der Waals surface area contributed by atoms with E-state index >= 15 is 4.39 Å². The minimum absolute atomic E-state index is 0.0988. The highest BCUT2D eigenvalue weighted by atomic mass is 31.2. The predicted octanol–water partition coefficient (Wildman–Crippen LogP) is 11.0. The molecule has 0 saturated heterocycles. The summed E-state index contributed by atoms with van der Waals surface area (Å²) in [6, 6.07) is 31.5. The van der Waals surface area contributed by atoms with Crippen molar-refractivity contribution in [2.75, 3.05) is 56.1 Å². The largest absolute Gasteiger partial charge is 0.465 e. The van der Waals surface area contributed by atoms with Crippen LogP contribution in [-0.2, 0) is 77.1 Å². The van der Waals surface area contributed by atoms with Gasteiger partial charge in [-0.2, -0.15) is 0 Å². The molecule has 14 rings (SSSR count). The van der Waals surface area contributed by atoms with Gasteiger partial charge in [0, 0.05) is 18.2 Å². The van der Waals surface area contributed by atoms with Crippen molar-refractivity contribution in [1.82, 2.24) is 73.8 Å². The molecule has 3 unspecified atom stereocenters. The minimum Gasteiger partial charge on any atom is -0.465 e. The fourth-order valence-corrected chi connectivity index (χ4v) is 16.3. The van der Waals surface area contributed by atoms with E-state index in [-0.39, 0.29) is 71.4 Å². The lowest BCUT2D eigenvalue weighted by Gasteiger charge is -2.26. The lowest BCUT2D eigenvalue weighted by atomic mass is 10.1. The van der Waals surface area contributed by atoms with Gasteiger partial charge in [0.1, 0.15) is 70.9 Å². The molecule has 0 spiro atoms. The van der Waals surface area contributed by atoms with Crippen molar-refractivity contribution >= 4 is 91.4 Å². The quantitative estimate of drug-likeness (QED) is 0.0124. The Kier molecular flexibility index (Phi) is 27.6. The number of para-hydroxylation sites is 3. The summed E-state index contributed by atoms with van der Waals surface area (Å²) in [5.74, 6) is -1.97. The van der Waals surface area contributed by atoms with Crippen LogP contribution in [0.25, 0.3) is 33.5 Å². The summed E-state index contributed by atoms with van der Waals surface area (Å²) in [6.07, 6.45) is 4.25. The number of carbonyl (C=O) groups is 3. The Hall–Kier alpha value is -10.9. The monoisotopic (exact) mass is 1650 g/mol. The first-order chi connectivity index (χ1) is 55.3. The molecule has 0 bridgehead atoms.